The van der Waals surface area contributed by atoms with Crippen molar-refractivity contribution in [3.63, 3.8) is 0 Å². The molecule has 6 nitrogen and oxygen atoms in total. The number of rotatable bonds is 39. The fraction of sp³-hybridized carbons (Fsp3) is 0.844. The third-order valence-corrected chi connectivity index (χ3v) is 9.44. The van der Waals surface area contributed by atoms with Crippen molar-refractivity contribution in [2.24, 2.45) is 0 Å². The molecular formula is C45H82O6. The summed E-state index contributed by atoms with van der Waals surface area (Å²) in [4.78, 5) is 37.6. The summed E-state index contributed by atoms with van der Waals surface area (Å²) in [7, 11) is 0. The van der Waals surface area contributed by atoms with Crippen molar-refractivity contribution in [3.8, 4) is 0 Å². The van der Waals surface area contributed by atoms with Gasteiger partial charge in [0.25, 0.3) is 0 Å². The number of hydrogen-bond acceptors (Lipinski definition) is 6. The Balaban J connectivity index is 4.36. The summed E-state index contributed by atoms with van der Waals surface area (Å²) in [5.41, 5.74) is 0. The zero-order valence-corrected chi connectivity index (χ0v) is 33.9. The van der Waals surface area contributed by atoms with Gasteiger partial charge in [0, 0.05) is 19.3 Å². The molecule has 0 rings (SSSR count). The van der Waals surface area contributed by atoms with Gasteiger partial charge in [0.1, 0.15) is 13.2 Å². The first-order valence-electron chi connectivity index (χ1n) is 21.8. The van der Waals surface area contributed by atoms with E-state index in [1.54, 1.807) is 0 Å². The number of allylic oxidation sites excluding steroid dienone is 4. The summed E-state index contributed by atoms with van der Waals surface area (Å²) in [6, 6.07) is 0. The smallest absolute Gasteiger partial charge is 0.306 e. The van der Waals surface area contributed by atoms with E-state index >= 15 is 0 Å². The van der Waals surface area contributed by atoms with Crippen LogP contribution in [0.2, 0.25) is 0 Å². The Labute approximate surface area is 315 Å². The van der Waals surface area contributed by atoms with E-state index in [9.17, 15) is 14.4 Å². The Morgan fingerprint density at radius 2 is 0.745 bits per heavy atom. The second kappa shape index (κ2) is 40.7. The first kappa shape index (κ1) is 48.9. The van der Waals surface area contributed by atoms with Crippen molar-refractivity contribution in [2.75, 3.05) is 13.2 Å². The van der Waals surface area contributed by atoms with Gasteiger partial charge in [-0.2, -0.15) is 0 Å². The van der Waals surface area contributed by atoms with E-state index in [2.05, 4.69) is 45.1 Å². The minimum absolute atomic E-state index is 0.0724. The van der Waals surface area contributed by atoms with Crippen molar-refractivity contribution < 1.29 is 28.6 Å². The van der Waals surface area contributed by atoms with Crippen LogP contribution in [0.3, 0.4) is 0 Å². The first-order chi connectivity index (χ1) is 25.0. The van der Waals surface area contributed by atoms with Crippen LogP contribution in [0.25, 0.3) is 0 Å². The number of unbranched alkanes of at least 4 members (excludes halogenated alkanes) is 24. The lowest BCUT2D eigenvalue weighted by Gasteiger charge is -2.18. The van der Waals surface area contributed by atoms with Gasteiger partial charge in [0.05, 0.1) is 0 Å². The molecule has 0 amide bonds. The third kappa shape index (κ3) is 38.9. The van der Waals surface area contributed by atoms with Gasteiger partial charge in [-0.3, -0.25) is 14.4 Å². The minimum atomic E-state index is -0.767. The van der Waals surface area contributed by atoms with Gasteiger partial charge >= 0.3 is 17.9 Å². The topological polar surface area (TPSA) is 78.9 Å². The molecule has 0 saturated carbocycles. The summed E-state index contributed by atoms with van der Waals surface area (Å²) in [5.74, 6) is -0.888. The highest BCUT2D eigenvalue weighted by atomic mass is 16.6. The summed E-state index contributed by atoms with van der Waals surface area (Å²) < 4.78 is 16.6. The van der Waals surface area contributed by atoms with E-state index < -0.39 is 6.10 Å². The van der Waals surface area contributed by atoms with Crippen LogP contribution in [-0.2, 0) is 28.6 Å². The van der Waals surface area contributed by atoms with Crippen molar-refractivity contribution in [3.05, 3.63) is 24.3 Å². The predicted molar refractivity (Wildman–Crippen MR) is 215 cm³/mol. The lowest BCUT2D eigenvalue weighted by molar-refractivity contribution is -0.167. The number of carbonyl (C=O) groups excluding carboxylic acids is 3. The highest BCUT2D eigenvalue weighted by Crippen LogP contribution is 2.14. The molecule has 0 saturated heterocycles. The fourth-order valence-electron chi connectivity index (χ4n) is 6.13. The van der Waals surface area contributed by atoms with Crippen molar-refractivity contribution in [1.82, 2.24) is 0 Å². The molecule has 0 aromatic carbocycles. The molecule has 0 heterocycles. The van der Waals surface area contributed by atoms with Crippen LogP contribution in [0.4, 0.5) is 0 Å². The maximum atomic E-state index is 12.7. The van der Waals surface area contributed by atoms with Crippen molar-refractivity contribution >= 4 is 17.9 Å². The SMILES string of the molecule is CCC/C=C\C/C=C\CCCCCCCC(=O)OCC(COC(=O)CCCCCCCCCCC)OC(=O)CCCCCCCCCCCCC. The van der Waals surface area contributed by atoms with Gasteiger partial charge in [-0.15, -0.1) is 0 Å². The van der Waals surface area contributed by atoms with Gasteiger partial charge in [-0.05, 0) is 44.9 Å². The number of hydrogen-bond donors (Lipinski definition) is 0. The molecule has 0 bridgehead atoms. The van der Waals surface area contributed by atoms with Crippen LogP contribution in [0.5, 0.6) is 0 Å². The molecule has 1 atom stereocenters. The molecule has 1 unspecified atom stereocenters. The molecule has 0 aromatic rings. The van der Waals surface area contributed by atoms with Gasteiger partial charge in [-0.25, -0.2) is 0 Å². The van der Waals surface area contributed by atoms with E-state index in [0.717, 1.165) is 83.5 Å². The maximum Gasteiger partial charge on any atom is 0.306 e. The van der Waals surface area contributed by atoms with E-state index in [-0.39, 0.29) is 31.1 Å². The third-order valence-electron chi connectivity index (χ3n) is 9.44. The summed E-state index contributed by atoms with van der Waals surface area (Å²) in [5, 5.41) is 0. The molecule has 0 aliphatic rings. The molecule has 298 valence electrons. The fourth-order valence-corrected chi connectivity index (χ4v) is 6.13. The van der Waals surface area contributed by atoms with Crippen molar-refractivity contribution in [2.45, 2.75) is 232 Å². The second-order valence-electron chi connectivity index (χ2n) is 14.6. The molecule has 0 aliphatic carbocycles. The van der Waals surface area contributed by atoms with Gasteiger partial charge in [-0.1, -0.05) is 186 Å². The zero-order chi connectivity index (χ0) is 37.3. The van der Waals surface area contributed by atoms with Gasteiger partial charge in [0.2, 0.25) is 0 Å². The lowest BCUT2D eigenvalue weighted by Crippen LogP contribution is -2.30. The van der Waals surface area contributed by atoms with E-state index in [4.69, 9.17) is 14.2 Å². The van der Waals surface area contributed by atoms with E-state index in [1.165, 1.54) is 103 Å². The zero-order valence-electron chi connectivity index (χ0n) is 33.9. The number of ether oxygens (including phenoxy) is 3. The van der Waals surface area contributed by atoms with Gasteiger partial charge in [0.15, 0.2) is 6.10 Å². The molecule has 0 aromatic heterocycles. The average molecular weight is 719 g/mol. The standard InChI is InChI=1S/C45H82O6/c1-4-7-10-13-16-19-21-22-24-26-29-32-35-38-44(47)50-41-42(40-49-43(46)37-34-31-28-25-18-15-12-9-6-3)51-45(48)39-36-33-30-27-23-20-17-14-11-8-5-2/h10,13,19,21,42H,4-9,11-12,14-18,20,22-41H2,1-3H3/b13-10-,21-19-. The molecule has 0 radical (unpaired) electrons. The molecule has 51 heavy (non-hydrogen) atoms. The van der Waals surface area contributed by atoms with Crippen LogP contribution in [0, 0.1) is 0 Å². The summed E-state index contributed by atoms with van der Waals surface area (Å²) in [6.45, 7) is 6.53. The average Bonchev–Trinajstić information content (AvgIpc) is 3.12. The normalized spacial score (nSPS) is 12.1. The largest absolute Gasteiger partial charge is 0.462 e. The van der Waals surface area contributed by atoms with Crippen LogP contribution in [0.1, 0.15) is 226 Å². The molecule has 0 N–H and O–H groups in total. The molecule has 6 heteroatoms. The lowest BCUT2D eigenvalue weighted by atomic mass is 10.1. The van der Waals surface area contributed by atoms with Crippen molar-refractivity contribution in [1.29, 1.82) is 0 Å². The first-order valence-corrected chi connectivity index (χ1v) is 21.8. The molecule has 0 aliphatic heterocycles. The maximum absolute atomic E-state index is 12.7. The Bertz CT molecular complexity index is 835. The van der Waals surface area contributed by atoms with Crippen LogP contribution < -0.4 is 0 Å². The second-order valence-corrected chi connectivity index (χ2v) is 14.6. The van der Waals surface area contributed by atoms with Crippen LogP contribution in [0.15, 0.2) is 24.3 Å². The van der Waals surface area contributed by atoms with E-state index in [0.29, 0.717) is 19.3 Å². The number of esters is 3. The molecule has 0 fully saturated rings. The summed E-state index contributed by atoms with van der Waals surface area (Å²) >= 11 is 0. The van der Waals surface area contributed by atoms with Gasteiger partial charge < -0.3 is 14.2 Å². The Hall–Kier alpha value is -2.11. The van der Waals surface area contributed by atoms with Crippen LogP contribution in [-0.4, -0.2) is 37.2 Å². The summed E-state index contributed by atoms with van der Waals surface area (Å²) in [6.07, 6.45) is 43.0. The Kier molecular flexibility index (Phi) is 39.0. The van der Waals surface area contributed by atoms with E-state index in [1.807, 2.05) is 0 Å². The highest BCUT2D eigenvalue weighted by molar-refractivity contribution is 5.71. The monoisotopic (exact) mass is 719 g/mol. The number of carbonyl (C=O) groups is 3. The minimum Gasteiger partial charge on any atom is -0.462 e. The Morgan fingerprint density at radius 1 is 0.392 bits per heavy atom. The highest BCUT2D eigenvalue weighted by Gasteiger charge is 2.19. The predicted octanol–water partition coefficient (Wildman–Crippen LogP) is 13.6. The quantitative estimate of drug-likeness (QED) is 0.0272. The Morgan fingerprint density at radius 3 is 1.16 bits per heavy atom. The van der Waals surface area contributed by atoms with Crippen LogP contribution >= 0.6 is 0 Å². The molecular weight excluding hydrogens is 636 g/mol. The molecule has 0 spiro atoms.